The molecule has 5 rings (SSSR count). The Kier molecular flexibility index (Phi) is 4.73. The molecule has 4 heteroatoms. The number of nitrogens with zero attached hydrogens (tertiary/aromatic N) is 1. The van der Waals surface area contributed by atoms with Crippen molar-refractivity contribution in [3.05, 3.63) is 126 Å². The smallest absolute Gasteiger partial charge is 0.0737 e. The Morgan fingerprint density at radius 3 is 2.00 bits per heavy atom. The highest BCUT2D eigenvalue weighted by Gasteiger charge is 2.17. The lowest BCUT2D eigenvalue weighted by atomic mass is 10.0. The highest BCUT2D eigenvalue weighted by Crippen LogP contribution is 2.33. The third-order valence-corrected chi connectivity index (χ3v) is 5.40. The van der Waals surface area contributed by atoms with Gasteiger partial charge in [-0.05, 0) is 42.0 Å². The molecule has 0 fully saturated rings. The number of rotatable bonds is 4. The lowest BCUT2D eigenvalue weighted by Crippen LogP contribution is -2.00. The van der Waals surface area contributed by atoms with Crippen molar-refractivity contribution in [2.45, 2.75) is 0 Å². The summed E-state index contributed by atoms with van der Waals surface area (Å²) in [6, 6.07) is 30.1. The summed E-state index contributed by atoms with van der Waals surface area (Å²) in [4.78, 5) is 8.48. The van der Waals surface area contributed by atoms with Crippen LogP contribution >= 0.6 is 0 Å². The van der Waals surface area contributed by atoms with Crippen LogP contribution < -0.4 is 11.5 Å². The van der Waals surface area contributed by atoms with E-state index in [2.05, 4.69) is 29.2 Å². The SMILES string of the molecule is Nc1ccccc1C1=N/C(=C(/c2ccccc2)c2ccc(-c3ccccc3N)[nH]2)C=C1. The Balaban J connectivity index is 1.65. The molecule has 1 aliphatic heterocycles. The molecule has 0 radical (unpaired) electrons. The monoisotopic (exact) mass is 402 g/mol. The van der Waals surface area contributed by atoms with Gasteiger partial charge in [0.05, 0.1) is 11.4 Å². The third kappa shape index (κ3) is 3.55. The van der Waals surface area contributed by atoms with Crippen molar-refractivity contribution in [2.75, 3.05) is 11.5 Å². The number of anilines is 2. The molecule has 1 aliphatic rings. The summed E-state index contributed by atoms with van der Waals surface area (Å²) < 4.78 is 0. The minimum atomic E-state index is 0.718. The van der Waals surface area contributed by atoms with Crippen LogP contribution in [0.1, 0.15) is 16.8 Å². The van der Waals surface area contributed by atoms with E-state index < -0.39 is 0 Å². The third-order valence-electron chi connectivity index (χ3n) is 5.40. The van der Waals surface area contributed by atoms with Crippen LogP contribution in [0.5, 0.6) is 0 Å². The molecule has 0 saturated heterocycles. The van der Waals surface area contributed by atoms with Crippen molar-refractivity contribution < 1.29 is 0 Å². The molecule has 3 aromatic carbocycles. The zero-order chi connectivity index (χ0) is 21.2. The largest absolute Gasteiger partial charge is 0.398 e. The lowest BCUT2D eigenvalue weighted by molar-refractivity contribution is 1.31. The Hall–Kier alpha value is -4.31. The van der Waals surface area contributed by atoms with Crippen molar-refractivity contribution in [3.63, 3.8) is 0 Å². The molecule has 0 spiro atoms. The number of para-hydroxylation sites is 2. The van der Waals surface area contributed by atoms with Crippen molar-refractivity contribution >= 4 is 22.7 Å². The zero-order valence-electron chi connectivity index (χ0n) is 16.9. The van der Waals surface area contributed by atoms with Gasteiger partial charge in [-0.25, -0.2) is 4.99 Å². The first-order valence-corrected chi connectivity index (χ1v) is 10.2. The highest BCUT2D eigenvalue weighted by atomic mass is 14.8. The van der Waals surface area contributed by atoms with Crippen molar-refractivity contribution in [1.82, 2.24) is 4.98 Å². The van der Waals surface area contributed by atoms with Crippen LogP contribution in [0.2, 0.25) is 0 Å². The maximum atomic E-state index is 6.19. The molecular weight excluding hydrogens is 380 g/mol. The van der Waals surface area contributed by atoms with Gasteiger partial charge in [0.2, 0.25) is 0 Å². The van der Waals surface area contributed by atoms with Crippen LogP contribution in [0.15, 0.2) is 114 Å². The second-order valence-electron chi connectivity index (χ2n) is 7.42. The normalized spacial score (nSPS) is 14.5. The minimum Gasteiger partial charge on any atom is -0.398 e. The van der Waals surface area contributed by atoms with Gasteiger partial charge in [0.15, 0.2) is 0 Å². The molecule has 0 bridgehead atoms. The van der Waals surface area contributed by atoms with E-state index in [1.165, 1.54) is 0 Å². The van der Waals surface area contributed by atoms with E-state index in [4.69, 9.17) is 16.5 Å². The van der Waals surface area contributed by atoms with Gasteiger partial charge in [-0.15, -0.1) is 0 Å². The summed E-state index contributed by atoms with van der Waals surface area (Å²) in [5.74, 6) is 0. The predicted octanol–water partition coefficient (Wildman–Crippen LogP) is 5.66. The number of hydrogen-bond donors (Lipinski definition) is 3. The summed E-state index contributed by atoms with van der Waals surface area (Å²) in [6.07, 6.45) is 4.06. The number of aliphatic imine (C=N–C) groups is 1. The number of benzene rings is 3. The van der Waals surface area contributed by atoms with E-state index in [9.17, 15) is 0 Å². The van der Waals surface area contributed by atoms with Crippen LogP contribution in [-0.4, -0.2) is 10.7 Å². The van der Waals surface area contributed by atoms with E-state index in [0.29, 0.717) is 0 Å². The number of nitrogens with one attached hydrogen (secondary N) is 1. The Labute approximate surface area is 181 Å². The summed E-state index contributed by atoms with van der Waals surface area (Å²) in [7, 11) is 0. The van der Waals surface area contributed by atoms with Gasteiger partial charge in [0.1, 0.15) is 0 Å². The Morgan fingerprint density at radius 1 is 0.645 bits per heavy atom. The molecule has 0 amide bonds. The molecular formula is C27H22N4. The number of allylic oxidation sites excluding steroid dienone is 2. The fraction of sp³-hybridized carbons (Fsp3) is 0. The summed E-state index contributed by atoms with van der Waals surface area (Å²) in [5.41, 5.74) is 21.6. The molecule has 2 heterocycles. The first-order valence-electron chi connectivity index (χ1n) is 10.2. The van der Waals surface area contributed by atoms with E-state index in [1.54, 1.807) is 0 Å². The molecule has 0 aliphatic carbocycles. The number of hydrogen-bond acceptors (Lipinski definition) is 3. The Morgan fingerprint density at radius 2 is 1.29 bits per heavy atom. The van der Waals surface area contributed by atoms with Crippen molar-refractivity contribution in [2.24, 2.45) is 4.99 Å². The number of nitrogens with two attached hydrogens (primary N) is 2. The van der Waals surface area contributed by atoms with E-state index in [1.807, 2.05) is 78.9 Å². The second-order valence-corrected chi connectivity index (χ2v) is 7.42. The molecule has 31 heavy (non-hydrogen) atoms. The average molecular weight is 403 g/mol. The molecule has 0 unspecified atom stereocenters. The minimum absolute atomic E-state index is 0.718. The first-order chi connectivity index (χ1) is 15.2. The summed E-state index contributed by atoms with van der Waals surface area (Å²) >= 11 is 0. The van der Waals surface area contributed by atoms with Gasteiger partial charge in [0, 0.05) is 39.5 Å². The van der Waals surface area contributed by atoms with Gasteiger partial charge in [-0.2, -0.15) is 0 Å². The number of aromatic nitrogens is 1. The second kappa shape index (κ2) is 7.84. The molecule has 0 atom stereocenters. The van der Waals surface area contributed by atoms with Crippen LogP contribution in [0.3, 0.4) is 0 Å². The van der Waals surface area contributed by atoms with Crippen LogP contribution in [0, 0.1) is 0 Å². The molecule has 150 valence electrons. The maximum absolute atomic E-state index is 6.19. The van der Waals surface area contributed by atoms with Gasteiger partial charge in [-0.3, -0.25) is 0 Å². The van der Waals surface area contributed by atoms with Gasteiger partial charge >= 0.3 is 0 Å². The first kappa shape index (κ1) is 18.7. The fourth-order valence-corrected chi connectivity index (χ4v) is 3.87. The van der Waals surface area contributed by atoms with E-state index in [0.717, 1.165) is 56.4 Å². The number of aromatic amines is 1. The standard InChI is InChI=1S/C27H22N4/c28-21-12-6-4-10-19(21)23-14-16-25(30-23)27(18-8-2-1-3-9-18)26-17-15-24(31-26)20-11-5-7-13-22(20)29/h1-17,30H,28-29H2/b27-26-. The molecule has 1 aromatic heterocycles. The molecule has 4 nitrogen and oxygen atoms in total. The topological polar surface area (TPSA) is 80.2 Å². The van der Waals surface area contributed by atoms with Crippen LogP contribution in [0.25, 0.3) is 16.8 Å². The van der Waals surface area contributed by atoms with E-state index in [-0.39, 0.29) is 0 Å². The average Bonchev–Trinajstić information content (AvgIpc) is 3.46. The molecule has 5 N–H and O–H groups in total. The molecule has 4 aromatic rings. The summed E-state index contributed by atoms with van der Waals surface area (Å²) in [5, 5.41) is 0. The predicted molar refractivity (Wildman–Crippen MR) is 130 cm³/mol. The number of nitrogen functional groups attached to an aromatic ring is 2. The van der Waals surface area contributed by atoms with Crippen LogP contribution in [0.4, 0.5) is 11.4 Å². The van der Waals surface area contributed by atoms with Crippen molar-refractivity contribution in [3.8, 4) is 11.3 Å². The summed E-state index contributed by atoms with van der Waals surface area (Å²) in [6.45, 7) is 0. The highest BCUT2D eigenvalue weighted by molar-refractivity contribution is 6.15. The number of H-pyrrole nitrogens is 1. The zero-order valence-corrected chi connectivity index (χ0v) is 16.9. The van der Waals surface area contributed by atoms with E-state index >= 15 is 0 Å². The lowest BCUT2D eigenvalue weighted by Gasteiger charge is -2.09. The fourth-order valence-electron chi connectivity index (χ4n) is 3.87. The van der Waals surface area contributed by atoms with Crippen LogP contribution in [-0.2, 0) is 0 Å². The maximum Gasteiger partial charge on any atom is 0.0737 e. The van der Waals surface area contributed by atoms with Gasteiger partial charge < -0.3 is 16.5 Å². The van der Waals surface area contributed by atoms with Gasteiger partial charge in [0.25, 0.3) is 0 Å². The Bertz CT molecular complexity index is 1340. The van der Waals surface area contributed by atoms with Gasteiger partial charge in [-0.1, -0.05) is 66.7 Å². The molecule has 0 saturated carbocycles. The van der Waals surface area contributed by atoms with Crippen molar-refractivity contribution in [1.29, 1.82) is 0 Å². The quantitative estimate of drug-likeness (QED) is 0.385.